The van der Waals surface area contributed by atoms with E-state index in [-0.39, 0.29) is 19.5 Å². The monoisotopic (exact) mass is 228 g/mol. The molecule has 2 rings (SSSR count). The molecule has 0 amide bonds. The Morgan fingerprint density at radius 2 is 2.17 bits per heavy atom. The minimum atomic E-state index is 0. The largest absolute Gasteiger partial charge is 0.333 e. The van der Waals surface area contributed by atoms with Crippen LogP contribution in [0.25, 0.3) is 11.0 Å². The smallest absolute Gasteiger partial charge is 0.163 e. The summed E-state index contributed by atoms with van der Waals surface area (Å²) < 4.78 is 0. The van der Waals surface area contributed by atoms with Gasteiger partial charge in [0.15, 0.2) is 5.16 Å². The number of hydrogen-bond acceptors (Lipinski definition) is 2. The second-order valence-electron chi connectivity index (χ2n) is 2.53. The molecule has 1 heterocycles. The van der Waals surface area contributed by atoms with Crippen molar-refractivity contribution in [2.45, 2.75) is 12.1 Å². The fraction of sp³-hybridized carbons (Fsp3) is 0.125. The SMILES string of the molecule is Cc1cccc2nc(S)[nH]c12.[Zn]. The molecule has 0 atom stereocenters. The van der Waals surface area contributed by atoms with E-state index in [2.05, 4.69) is 22.6 Å². The molecule has 2 nitrogen and oxygen atoms in total. The molecule has 0 saturated heterocycles. The van der Waals surface area contributed by atoms with Gasteiger partial charge in [0.05, 0.1) is 11.0 Å². The van der Waals surface area contributed by atoms with Crippen LogP contribution in [0.5, 0.6) is 0 Å². The molecule has 0 aliphatic heterocycles. The Kier molecular flexibility index (Phi) is 2.91. The van der Waals surface area contributed by atoms with E-state index < -0.39 is 0 Å². The molecule has 58 valence electrons. The van der Waals surface area contributed by atoms with Crippen LogP contribution < -0.4 is 0 Å². The van der Waals surface area contributed by atoms with Crippen molar-refractivity contribution in [1.29, 1.82) is 0 Å². The number of aromatic nitrogens is 2. The van der Waals surface area contributed by atoms with Gasteiger partial charge in [-0.25, -0.2) is 4.98 Å². The molecule has 0 saturated carbocycles. The average molecular weight is 230 g/mol. The van der Waals surface area contributed by atoms with Gasteiger partial charge in [-0.1, -0.05) is 12.1 Å². The third-order valence-electron chi connectivity index (χ3n) is 1.71. The van der Waals surface area contributed by atoms with E-state index in [1.54, 1.807) is 0 Å². The maximum atomic E-state index is 4.18. The fourth-order valence-electron chi connectivity index (χ4n) is 1.16. The maximum Gasteiger partial charge on any atom is 0.163 e. The molecule has 1 N–H and O–H groups in total. The number of nitrogens with one attached hydrogen (secondary N) is 1. The van der Waals surface area contributed by atoms with Crippen molar-refractivity contribution >= 4 is 23.7 Å². The average Bonchev–Trinajstić information content (AvgIpc) is 2.31. The maximum absolute atomic E-state index is 4.18. The van der Waals surface area contributed by atoms with E-state index in [1.807, 2.05) is 25.1 Å². The predicted octanol–water partition coefficient (Wildman–Crippen LogP) is 2.16. The number of thiol groups is 1. The van der Waals surface area contributed by atoms with Crippen LogP contribution >= 0.6 is 12.6 Å². The van der Waals surface area contributed by atoms with Gasteiger partial charge >= 0.3 is 0 Å². The van der Waals surface area contributed by atoms with Crippen molar-refractivity contribution in [3.8, 4) is 0 Å². The van der Waals surface area contributed by atoms with Crippen LogP contribution in [-0.2, 0) is 19.5 Å². The summed E-state index contributed by atoms with van der Waals surface area (Å²) in [5.41, 5.74) is 3.27. The number of hydrogen-bond donors (Lipinski definition) is 2. The van der Waals surface area contributed by atoms with E-state index in [9.17, 15) is 0 Å². The molecule has 0 fully saturated rings. The summed E-state index contributed by atoms with van der Waals surface area (Å²) in [7, 11) is 0. The Morgan fingerprint density at radius 1 is 1.42 bits per heavy atom. The van der Waals surface area contributed by atoms with Crippen LogP contribution in [0.4, 0.5) is 0 Å². The van der Waals surface area contributed by atoms with Gasteiger partial charge in [-0.2, -0.15) is 0 Å². The minimum absolute atomic E-state index is 0. The second-order valence-corrected chi connectivity index (χ2v) is 2.95. The van der Waals surface area contributed by atoms with Crippen LogP contribution in [-0.4, -0.2) is 9.97 Å². The van der Waals surface area contributed by atoms with Gasteiger partial charge in [0.2, 0.25) is 0 Å². The first-order valence-electron chi connectivity index (χ1n) is 3.41. The Hall–Kier alpha value is -0.337. The molecule has 0 radical (unpaired) electrons. The summed E-state index contributed by atoms with van der Waals surface area (Å²) in [6.45, 7) is 2.05. The van der Waals surface area contributed by atoms with Crippen molar-refractivity contribution < 1.29 is 19.5 Å². The molecule has 0 aliphatic carbocycles. The van der Waals surface area contributed by atoms with E-state index in [0.29, 0.717) is 5.16 Å². The van der Waals surface area contributed by atoms with Crippen LogP contribution in [0.15, 0.2) is 23.4 Å². The standard InChI is InChI=1S/C8H8N2S.Zn/c1-5-3-2-4-6-7(5)10-8(11)9-6;/h2-4H,1H3,(H2,9,10,11);. The normalized spacial score (nSPS) is 9.83. The van der Waals surface area contributed by atoms with Gasteiger partial charge < -0.3 is 4.98 Å². The van der Waals surface area contributed by atoms with E-state index in [1.165, 1.54) is 5.56 Å². The molecule has 0 bridgehead atoms. The van der Waals surface area contributed by atoms with E-state index in [4.69, 9.17) is 0 Å². The zero-order valence-electron chi connectivity index (χ0n) is 6.83. The van der Waals surface area contributed by atoms with Gasteiger partial charge in [0, 0.05) is 19.5 Å². The molecule has 0 unspecified atom stereocenters. The number of fused-ring (bicyclic) bond motifs is 1. The van der Waals surface area contributed by atoms with Crippen LogP contribution in [0.3, 0.4) is 0 Å². The van der Waals surface area contributed by atoms with Gasteiger partial charge in [-0.05, 0) is 18.6 Å². The minimum Gasteiger partial charge on any atom is -0.333 e. The molecule has 1 aromatic carbocycles. The fourth-order valence-corrected chi connectivity index (χ4v) is 1.38. The Bertz CT molecular complexity index is 397. The summed E-state index contributed by atoms with van der Waals surface area (Å²) in [6.07, 6.45) is 0. The molecule has 0 aliphatic rings. The predicted molar refractivity (Wildman–Crippen MR) is 48.1 cm³/mol. The molecular formula is C8H8N2SZn. The van der Waals surface area contributed by atoms with E-state index in [0.717, 1.165) is 11.0 Å². The van der Waals surface area contributed by atoms with Crippen LogP contribution in [0.1, 0.15) is 5.56 Å². The molecule has 4 heteroatoms. The molecular weight excluding hydrogens is 222 g/mol. The Morgan fingerprint density at radius 3 is 2.83 bits per heavy atom. The van der Waals surface area contributed by atoms with Crippen molar-refractivity contribution in [3.63, 3.8) is 0 Å². The Balaban J connectivity index is 0.000000720. The van der Waals surface area contributed by atoms with Gasteiger partial charge in [0.25, 0.3) is 0 Å². The summed E-state index contributed by atoms with van der Waals surface area (Å²) in [6, 6.07) is 6.01. The van der Waals surface area contributed by atoms with Gasteiger partial charge in [-0.15, -0.1) is 12.6 Å². The summed E-state index contributed by atoms with van der Waals surface area (Å²) in [4.78, 5) is 7.26. The Labute approximate surface area is 88.9 Å². The van der Waals surface area contributed by atoms with Crippen molar-refractivity contribution in [3.05, 3.63) is 23.8 Å². The number of nitrogens with zero attached hydrogens (tertiary/aromatic N) is 1. The first-order chi connectivity index (χ1) is 5.27. The molecule has 12 heavy (non-hydrogen) atoms. The zero-order valence-corrected chi connectivity index (χ0v) is 10.7. The van der Waals surface area contributed by atoms with Crippen molar-refractivity contribution in [2.24, 2.45) is 0 Å². The van der Waals surface area contributed by atoms with Crippen LogP contribution in [0.2, 0.25) is 0 Å². The molecule has 2 aromatic rings. The first kappa shape index (κ1) is 9.75. The third-order valence-corrected chi connectivity index (χ3v) is 1.93. The third kappa shape index (κ3) is 1.55. The number of benzene rings is 1. The first-order valence-corrected chi connectivity index (χ1v) is 3.86. The topological polar surface area (TPSA) is 28.7 Å². The number of rotatable bonds is 0. The van der Waals surface area contributed by atoms with Crippen LogP contribution in [0, 0.1) is 6.92 Å². The number of aryl methyl sites for hydroxylation is 1. The second kappa shape index (κ2) is 3.59. The van der Waals surface area contributed by atoms with Crippen molar-refractivity contribution in [2.75, 3.05) is 0 Å². The summed E-state index contributed by atoms with van der Waals surface area (Å²) >= 11 is 4.12. The molecule has 1 aromatic heterocycles. The van der Waals surface area contributed by atoms with Gasteiger partial charge in [0.1, 0.15) is 0 Å². The number of aromatic amines is 1. The van der Waals surface area contributed by atoms with Crippen molar-refractivity contribution in [1.82, 2.24) is 9.97 Å². The van der Waals surface area contributed by atoms with E-state index >= 15 is 0 Å². The number of imidazole rings is 1. The number of para-hydroxylation sites is 1. The van der Waals surface area contributed by atoms with Gasteiger partial charge in [-0.3, -0.25) is 0 Å². The zero-order chi connectivity index (χ0) is 7.84. The molecule has 0 spiro atoms. The number of H-pyrrole nitrogens is 1. The summed E-state index contributed by atoms with van der Waals surface area (Å²) in [5, 5.41) is 0.675. The quantitative estimate of drug-likeness (QED) is 0.526. The summed E-state index contributed by atoms with van der Waals surface area (Å²) in [5.74, 6) is 0.